The van der Waals surface area contributed by atoms with E-state index in [4.69, 9.17) is 11.6 Å². The van der Waals surface area contributed by atoms with Crippen molar-refractivity contribution in [2.45, 2.75) is 24.8 Å². The largest absolute Gasteiger partial charge is 0.325 e. The zero-order valence-electron chi connectivity index (χ0n) is 14.8. The van der Waals surface area contributed by atoms with E-state index in [1.807, 2.05) is 24.3 Å². The molecule has 0 aromatic heterocycles. The molecule has 0 saturated carbocycles. The lowest BCUT2D eigenvalue weighted by atomic mass is 9.76. The number of imide groups is 1. The third kappa shape index (κ3) is 3.01. The number of benzene rings is 2. The van der Waals surface area contributed by atoms with Crippen LogP contribution in [0, 0.1) is 5.82 Å². The number of rotatable bonds is 3. The minimum Gasteiger partial charge on any atom is -0.323 e. The van der Waals surface area contributed by atoms with E-state index in [0.29, 0.717) is 6.42 Å². The zero-order valence-corrected chi connectivity index (χ0v) is 15.6. The zero-order chi connectivity index (χ0) is 19.9. The van der Waals surface area contributed by atoms with E-state index in [1.54, 1.807) is 0 Å². The molecule has 1 saturated heterocycles. The van der Waals surface area contributed by atoms with Crippen LogP contribution in [0.25, 0.3) is 0 Å². The molecule has 1 heterocycles. The second-order valence-corrected chi connectivity index (χ2v) is 7.32. The first-order valence-electron chi connectivity index (χ1n) is 8.88. The van der Waals surface area contributed by atoms with Crippen LogP contribution in [0.3, 0.4) is 0 Å². The molecule has 1 atom stereocenters. The Morgan fingerprint density at radius 2 is 2.04 bits per heavy atom. The maximum absolute atomic E-state index is 13.1. The van der Waals surface area contributed by atoms with Crippen molar-refractivity contribution in [1.82, 2.24) is 10.2 Å². The number of nitrogens with zero attached hydrogens (tertiary/aromatic N) is 1. The fourth-order valence-corrected chi connectivity index (χ4v) is 4.09. The maximum Gasteiger partial charge on any atom is 0.325 e. The van der Waals surface area contributed by atoms with E-state index < -0.39 is 35.7 Å². The number of carbonyl (C=O) groups excluding carboxylic acids is 3. The van der Waals surface area contributed by atoms with Gasteiger partial charge in [-0.25, -0.2) is 9.18 Å². The lowest BCUT2D eigenvalue weighted by Crippen LogP contribution is -2.47. The molecule has 28 heavy (non-hydrogen) atoms. The quantitative estimate of drug-likeness (QED) is 0.775. The summed E-state index contributed by atoms with van der Waals surface area (Å²) in [6.45, 7) is -0.456. The van der Waals surface area contributed by atoms with Gasteiger partial charge in [-0.1, -0.05) is 35.9 Å². The van der Waals surface area contributed by atoms with Crippen LogP contribution in [-0.4, -0.2) is 29.3 Å². The Balaban J connectivity index is 1.55. The third-order valence-corrected chi connectivity index (χ3v) is 5.47. The minimum absolute atomic E-state index is 0.0308. The van der Waals surface area contributed by atoms with Gasteiger partial charge in [0.05, 0.1) is 10.7 Å². The van der Waals surface area contributed by atoms with Crippen LogP contribution in [0.5, 0.6) is 0 Å². The van der Waals surface area contributed by atoms with Gasteiger partial charge in [0.25, 0.3) is 5.91 Å². The van der Waals surface area contributed by atoms with Crippen LogP contribution in [-0.2, 0) is 21.5 Å². The van der Waals surface area contributed by atoms with Crippen LogP contribution in [0.1, 0.15) is 24.0 Å². The molecule has 0 bridgehead atoms. The number of aryl methyl sites for hydroxylation is 1. The van der Waals surface area contributed by atoms with Crippen molar-refractivity contribution in [2.24, 2.45) is 0 Å². The standard InChI is InChI=1S/C20H17ClFN3O3/c21-15-10-13(22)7-8-16(15)23-17(26)11-25-18(27)20(24-19(25)28)9-3-5-12-4-1-2-6-14(12)20/h1-2,4,6-8,10H,3,5,9,11H2,(H,23,26)(H,24,28)/t20-/m1/s1. The molecule has 2 aliphatic rings. The van der Waals surface area contributed by atoms with Crippen molar-refractivity contribution in [3.8, 4) is 0 Å². The number of amides is 4. The summed E-state index contributed by atoms with van der Waals surface area (Å²) < 4.78 is 13.1. The topological polar surface area (TPSA) is 78.5 Å². The first kappa shape index (κ1) is 18.4. The average Bonchev–Trinajstić information content (AvgIpc) is 2.89. The number of halogens is 2. The predicted molar refractivity (Wildman–Crippen MR) is 101 cm³/mol. The number of carbonyl (C=O) groups is 3. The summed E-state index contributed by atoms with van der Waals surface area (Å²) in [4.78, 5) is 38.9. The van der Waals surface area contributed by atoms with Crippen molar-refractivity contribution in [2.75, 3.05) is 11.9 Å². The second kappa shape index (κ2) is 6.91. The Hall–Kier alpha value is -2.93. The number of fused-ring (bicyclic) bond motifs is 2. The van der Waals surface area contributed by atoms with Crippen molar-refractivity contribution >= 4 is 35.1 Å². The molecule has 4 amide bonds. The highest BCUT2D eigenvalue weighted by molar-refractivity contribution is 6.33. The molecule has 6 nitrogen and oxygen atoms in total. The van der Waals surface area contributed by atoms with Gasteiger partial charge < -0.3 is 10.6 Å². The molecule has 1 spiro atoms. The molecule has 0 radical (unpaired) electrons. The van der Waals surface area contributed by atoms with Gasteiger partial charge in [0.15, 0.2) is 0 Å². The summed E-state index contributed by atoms with van der Waals surface area (Å²) in [6.07, 6.45) is 2.08. The van der Waals surface area contributed by atoms with Crippen molar-refractivity contribution in [1.29, 1.82) is 0 Å². The lowest BCUT2D eigenvalue weighted by Gasteiger charge is -2.33. The predicted octanol–water partition coefficient (Wildman–Crippen LogP) is 3.20. The van der Waals surface area contributed by atoms with E-state index >= 15 is 0 Å². The van der Waals surface area contributed by atoms with Gasteiger partial charge >= 0.3 is 6.03 Å². The van der Waals surface area contributed by atoms with Gasteiger partial charge in [-0.3, -0.25) is 14.5 Å². The van der Waals surface area contributed by atoms with E-state index in [-0.39, 0.29) is 10.7 Å². The SMILES string of the molecule is O=C(CN1C(=O)N[C@@]2(CCCc3ccccc32)C1=O)Nc1ccc(F)cc1Cl. The van der Waals surface area contributed by atoms with Crippen LogP contribution < -0.4 is 10.6 Å². The lowest BCUT2D eigenvalue weighted by molar-refractivity contribution is -0.134. The summed E-state index contributed by atoms with van der Waals surface area (Å²) in [5.41, 5.74) is 0.883. The smallest absolute Gasteiger partial charge is 0.323 e. The fraction of sp³-hybridized carbons (Fsp3) is 0.250. The van der Waals surface area contributed by atoms with E-state index in [1.165, 1.54) is 6.07 Å². The molecular weight excluding hydrogens is 385 g/mol. The number of nitrogens with one attached hydrogen (secondary N) is 2. The molecule has 1 aliphatic carbocycles. The third-order valence-electron chi connectivity index (χ3n) is 5.16. The summed E-state index contributed by atoms with van der Waals surface area (Å²) in [7, 11) is 0. The molecule has 1 aliphatic heterocycles. The molecule has 2 aromatic rings. The normalized spacial score (nSPS) is 20.9. The van der Waals surface area contributed by atoms with Gasteiger partial charge in [-0.2, -0.15) is 0 Å². The maximum atomic E-state index is 13.1. The molecule has 144 valence electrons. The van der Waals surface area contributed by atoms with Crippen molar-refractivity contribution in [3.63, 3.8) is 0 Å². The van der Waals surface area contributed by atoms with Gasteiger partial charge in [0, 0.05) is 0 Å². The Bertz CT molecular complexity index is 996. The molecular formula is C20H17ClFN3O3. The minimum atomic E-state index is -1.13. The highest BCUT2D eigenvalue weighted by atomic mass is 35.5. The van der Waals surface area contributed by atoms with Gasteiger partial charge in [-0.05, 0) is 48.6 Å². The van der Waals surface area contributed by atoms with E-state index in [9.17, 15) is 18.8 Å². The highest BCUT2D eigenvalue weighted by Gasteiger charge is 2.54. The van der Waals surface area contributed by atoms with Gasteiger partial charge in [-0.15, -0.1) is 0 Å². The molecule has 2 N–H and O–H groups in total. The van der Waals surface area contributed by atoms with Crippen LogP contribution >= 0.6 is 11.6 Å². The Morgan fingerprint density at radius 1 is 1.25 bits per heavy atom. The Kier molecular flexibility index (Phi) is 4.55. The van der Waals surface area contributed by atoms with Crippen molar-refractivity contribution < 1.29 is 18.8 Å². The summed E-state index contributed by atoms with van der Waals surface area (Å²) in [5, 5.41) is 5.33. The Labute approximate surface area is 165 Å². The summed E-state index contributed by atoms with van der Waals surface area (Å²) in [6, 6.07) is 10.5. The molecule has 2 aromatic carbocycles. The van der Waals surface area contributed by atoms with Crippen LogP contribution in [0.4, 0.5) is 14.9 Å². The number of hydrogen-bond donors (Lipinski definition) is 2. The van der Waals surface area contributed by atoms with E-state index in [0.717, 1.165) is 41.0 Å². The Morgan fingerprint density at radius 3 is 2.82 bits per heavy atom. The van der Waals surface area contributed by atoms with Crippen LogP contribution in [0.2, 0.25) is 5.02 Å². The summed E-state index contributed by atoms with van der Waals surface area (Å²) >= 11 is 5.91. The monoisotopic (exact) mass is 401 g/mol. The van der Waals surface area contributed by atoms with Crippen LogP contribution in [0.15, 0.2) is 42.5 Å². The average molecular weight is 402 g/mol. The van der Waals surface area contributed by atoms with Crippen molar-refractivity contribution in [3.05, 3.63) is 64.4 Å². The first-order chi connectivity index (χ1) is 13.4. The molecule has 8 heteroatoms. The van der Waals surface area contributed by atoms with Gasteiger partial charge in [0.1, 0.15) is 17.9 Å². The second-order valence-electron chi connectivity index (χ2n) is 6.91. The summed E-state index contributed by atoms with van der Waals surface area (Å²) in [5.74, 6) is -1.57. The fourth-order valence-electron chi connectivity index (χ4n) is 3.88. The number of anilines is 1. The van der Waals surface area contributed by atoms with Gasteiger partial charge in [0.2, 0.25) is 5.91 Å². The first-order valence-corrected chi connectivity index (χ1v) is 9.26. The van der Waals surface area contributed by atoms with E-state index in [2.05, 4.69) is 10.6 Å². The number of hydrogen-bond acceptors (Lipinski definition) is 3. The number of urea groups is 1. The molecule has 4 rings (SSSR count). The molecule has 1 fully saturated rings. The molecule has 0 unspecified atom stereocenters. The highest BCUT2D eigenvalue weighted by Crippen LogP contribution is 2.39.